The molecule has 2 aromatic carbocycles. The number of carbonyl (C=O) groups excluding carboxylic acids is 1. The van der Waals surface area contributed by atoms with E-state index in [9.17, 15) is 13.2 Å². The maximum Gasteiger partial charge on any atom is 0.241 e. The van der Waals surface area contributed by atoms with Gasteiger partial charge in [-0.05, 0) is 48.7 Å². The Kier molecular flexibility index (Phi) is 5.36. The van der Waals surface area contributed by atoms with E-state index in [2.05, 4.69) is 0 Å². The van der Waals surface area contributed by atoms with E-state index >= 15 is 0 Å². The van der Waals surface area contributed by atoms with E-state index in [1.165, 1.54) is 0 Å². The first kappa shape index (κ1) is 19.9. The van der Waals surface area contributed by atoms with Crippen LogP contribution in [0, 0.1) is 6.92 Å². The van der Waals surface area contributed by atoms with Crippen LogP contribution in [0.15, 0.2) is 48.5 Å². The summed E-state index contributed by atoms with van der Waals surface area (Å²) in [7, 11) is -1.55. The third kappa shape index (κ3) is 4.16. The molecule has 2 saturated heterocycles. The fourth-order valence-electron chi connectivity index (χ4n) is 4.38. The van der Waals surface area contributed by atoms with Crippen molar-refractivity contribution in [1.29, 1.82) is 0 Å². The molecule has 154 valence electrons. The maximum absolute atomic E-state index is 13.0. The van der Waals surface area contributed by atoms with Gasteiger partial charge in [-0.3, -0.25) is 9.69 Å². The van der Waals surface area contributed by atoms with Gasteiger partial charge in [0, 0.05) is 18.3 Å². The Balaban J connectivity index is 1.55. The lowest BCUT2D eigenvalue weighted by atomic mass is 10.0. The fraction of sp³-hybridized carbons (Fsp3) is 0.409. The summed E-state index contributed by atoms with van der Waals surface area (Å²) < 4.78 is 30.1. The van der Waals surface area contributed by atoms with Crippen molar-refractivity contribution in [3.05, 3.63) is 59.7 Å². The van der Waals surface area contributed by atoms with Gasteiger partial charge in [0.1, 0.15) is 5.75 Å². The molecule has 0 unspecified atom stereocenters. The molecule has 2 aliphatic rings. The average molecular weight is 415 g/mol. The first-order valence-corrected chi connectivity index (χ1v) is 11.6. The van der Waals surface area contributed by atoms with Gasteiger partial charge in [0.25, 0.3) is 0 Å². The molecule has 0 saturated carbocycles. The zero-order valence-corrected chi connectivity index (χ0v) is 17.6. The molecule has 0 aromatic heterocycles. The molecule has 0 spiro atoms. The van der Waals surface area contributed by atoms with Gasteiger partial charge >= 0.3 is 0 Å². The molecule has 2 atom stereocenters. The van der Waals surface area contributed by atoms with Gasteiger partial charge in [-0.15, -0.1) is 0 Å². The minimum Gasteiger partial charge on any atom is -0.497 e. The summed E-state index contributed by atoms with van der Waals surface area (Å²) in [6.45, 7) is 2.86. The van der Waals surface area contributed by atoms with Crippen LogP contribution in [0.1, 0.15) is 11.1 Å². The summed E-state index contributed by atoms with van der Waals surface area (Å²) in [5, 5.41) is 0. The summed E-state index contributed by atoms with van der Waals surface area (Å²) in [4.78, 5) is 16.8. The van der Waals surface area contributed by atoms with Gasteiger partial charge in [0.2, 0.25) is 5.91 Å². The number of amides is 1. The molecule has 7 heteroatoms. The van der Waals surface area contributed by atoms with E-state index in [1.54, 1.807) is 12.0 Å². The van der Waals surface area contributed by atoms with Crippen molar-refractivity contribution >= 4 is 21.4 Å². The van der Waals surface area contributed by atoms with Gasteiger partial charge in [-0.2, -0.15) is 0 Å². The number of sulfone groups is 1. The molecule has 2 fully saturated rings. The highest BCUT2D eigenvalue weighted by Gasteiger charge is 2.49. The third-order valence-electron chi connectivity index (χ3n) is 5.83. The Morgan fingerprint density at radius 2 is 1.79 bits per heavy atom. The topological polar surface area (TPSA) is 66.9 Å². The van der Waals surface area contributed by atoms with Gasteiger partial charge in [-0.25, -0.2) is 8.42 Å². The second kappa shape index (κ2) is 7.80. The van der Waals surface area contributed by atoms with E-state index in [4.69, 9.17) is 4.74 Å². The molecule has 1 amide bonds. The number of hydrogen-bond acceptors (Lipinski definition) is 5. The summed E-state index contributed by atoms with van der Waals surface area (Å²) in [5.41, 5.74) is 2.98. The smallest absolute Gasteiger partial charge is 0.241 e. The standard InChI is InChI=1S/C22H26N2O4S/c1-16-4-3-5-18(12-16)24-21-15-29(26,27)14-20(21)23(13-22(24)25)11-10-17-6-8-19(28-2)9-7-17/h3-9,12,20-21H,10-11,13-15H2,1-2H3/t20-,21+/m0/s1. The molecular weight excluding hydrogens is 388 g/mol. The minimum atomic E-state index is -3.18. The predicted octanol–water partition coefficient (Wildman–Crippen LogP) is 2.06. The monoisotopic (exact) mass is 414 g/mol. The molecular formula is C22H26N2O4S. The summed E-state index contributed by atoms with van der Waals surface area (Å²) in [5.74, 6) is 0.896. The predicted molar refractivity (Wildman–Crippen MR) is 113 cm³/mol. The lowest BCUT2D eigenvalue weighted by molar-refractivity contribution is -0.123. The number of methoxy groups -OCH3 is 1. The van der Waals surface area contributed by atoms with E-state index in [0.717, 1.165) is 29.0 Å². The molecule has 2 aliphatic heterocycles. The number of hydrogen-bond donors (Lipinski definition) is 0. The summed E-state index contributed by atoms with van der Waals surface area (Å²) in [6, 6.07) is 15.1. The number of aryl methyl sites for hydroxylation is 1. The average Bonchev–Trinajstić information content (AvgIpc) is 3.01. The molecule has 2 heterocycles. The SMILES string of the molecule is COc1ccc(CCN2CC(=O)N(c3cccc(C)c3)[C@@H]3CS(=O)(=O)C[C@@H]32)cc1. The van der Waals surface area contributed by atoms with Gasteiger partial charge < -0.3 is 9.64 Å². The maximum atomic E-state index is 13.0. The van der Waals surface area contributed by atoms with Gasteiger partial charge in [0.05, 0.1) is 31.2 Å². The van der Waals surface area contributed by atoms with E-state index < -0.39 is 9.84 Å². The molecule has 0 bridgehead atoms. The van der Waals surface area contributed by atoms with Crippen LogP contribution in [0.4, 0.5) is 5.69 Å². The Bertz CT molecular complexity index is 1000. The highest BCUT2D eigenvalue weighted by atomic mass is 32.2. The van der Waals surface area contributed by atoms with Crippen LogP contribution in [-0.2, 0) is 21.1 Å². The van der Waals surface area contributed by atoms with Crippen LogP contribution >= 0.6 is 0 Å². The van der Waals surface area contributed by atoms with Crippen molar-refractivity contribution < 1.29 is 17.9 Å². The van der Waals surface area contributed by atoms with Gasteiger partial charge in [0.15, 0.2) is 9.84 Å². The highest BCUT2D eigenvalue weighted by molar-refractivity contribution is 7.91. The van der Waals surface area contributed by atoms with Crippen molar-refractivity contribution in [2.45, 2.75) is 25.4 Å². The van der Waals surface area contributed by atoms with E-state index in [1.807, 2.05) is 60.4 Å². The van der Waals surface area contributed by atoms with Crippen LogP contribution in [-0.4, -0.2) is 63.0 Å². The fourth-order valence-corrected chi connectivity index (χ4v) is 6.36. The second-order valence-electron chi connectivity index (χ2n) is 7.88. The molecule has 0 radical (unpaired) electrons. The molecule has 0 N–H and O–H groups in total. The number of rotatable bonds is 5. The zero-order valence-electron chi connectivity index (χ0n) is 16.7. The first-order valence-electron chi connectivity index (χ1n) is 9.82. The Labute approximate surface area is 172 Å². The number of anilines is 1. The third-order valence-corrected chi connectivity index (χ3v) is 7.53. The number of carbonyl (C=O) groups is 1. The zero-order chi connectivity index (χ0) is 20.6. The molecule has 29 heavy (non-hydrogen) atoms. The Hall–Kier alpha value is -2.38. The minimum absolute atomic E-state index is 0.0242. The summed E-state index contributed by atoms with van der Waals surface area (Å²) >= 11 is 0. The number of piperazine rings is 1. The van der Waals surface area contributed by atoms with Crippen molar-refractivity contribution in [3.63, 3.8) is 0 Å². The van der Waals surface area contributed by atoms with Crippen LogP contribution in [0.2, 0.25) is 0 Å². The normalized spacial score (nSPS) is 23.8. The number of ether oxygens (including phenoxy) is 1. The van der Waals surface area contributed by atoms with Gasteiger partial charge in [-0.1, -0.05) is 24.3 Å². The van der Waals surface area contributed by atoms with Crippen molar-refractivity contribution in [1.82, 2.24) is 4.90 Å². The number of fused-ring (bicyclic) bond motifs is 1. The molecule has 2 aromatic rings. The van der Waals surface area contributed by atoms with Crippen molar-refractivity contribution in [2.75, 3.05) is 36.6 Å². The number of benzene rings is 2. The lowest BCUT2D eigenvalue weighted by Crippen LogP contribution is -2.62. The molecule has 4 rings (SSSR count). The molecule has 6 nitrogen and oxygen atoms in total. The van der Waals surface area contributed by atoms with Crippen LogP contribution in [0.3, 0.4) is 0 Å². The van der Waals surface area contributed by atoms with Crippen LogP contribution in [0.25, 0.3) is 0 Å². The largest absolute Gasteiger partial charge is 0.497 e. The van der Waals surface area contributed by atoms with Crippen LogP contribution < -0.4 is 9.64 Å². The second-order valence-corrected chi connectivity index (χ2v) is 10.0. The Morgan fingerprint density at radius 1 is 1.07 bits per heavy atom. The number of nitrogens with zero attached hydrogens (tertiary/aromatic N) is 2. The first-order chi connectivity index (χ1) is 13.9. The Morgan fingerprint density at radius 3 is 2.48 bits per heavy atom. The summed E-state index contributed by atoms with van der Waals surface area (Å²) in [6.07, 6.45) is 0.755. The van der Waals surface area contributed by atoms with Crippen molar-refractivity contribution in [3.8, 4) is 5.75 Å². The van der Waals surface area contributed by atoms with E-state index in [0.29, 0.717) is 6.54 Å². The highest BCUT2D eigenvalue weighted by Crippen LogP contribution is 2.32. The van der Waals surface area contributed by atoms with Crippen LogP contribution in [0.5, 0.6) is 5.75 Å². The molecule has 0 aliphatic carbocycles. The quantitative estimate of drug-likeness (QED) is 0.749. The van der Waals surface area contributed by atoms with E-state index in [-0.39, 0.29) is 36.0 Å². The van der Waals surface area contributed by atoms with Crippen molar-refractivity contribution in [2.24, 2.45) is 0 Å². The lowest BCUT2D eigenvalue weighted by Gasteiger charge is -2.43.